The lowest BCUT2D eigenvalue weighted by atomic mass is 9.79. The fourth-order valence-electron chi connectivity index (χ4n) is 4.75. The molecular weight excluding hydrogens is 492 g/mol. The maximum absolute atomic E-state index is 13.9. The van der Waals surface area contributed by atoms with Crippen molar-refractivity contribution in [1.29, 1.82) is 0 Å². The second-order valence-electron chi connectivity index (χ2n) is 9.62. The summed E-state index contributed by atoms with van der Waals surface area (Å²) in [5.41, 5.74) is 7.00. The topological polar surface area (TPSA) is 105 Å². The minimum absolute atomic E-state index is 0.0200. The zero-order valence-electron chi connectivity index (χ0n) is 22.6. The first-order valence-corrected chi connectivity index (χ1v) is 13.2. The quantitative estimate of drug-likeness (QED) is 0.287. The summed E-state index contributed by atoms with van der Waals surface area (Å²) in [5, 5.41) is 14.3. The Hall–Kier alpha value is -3.04. The number of methoxy groups -OCH3 is 1. The van der Waals surface area contributed by atoms with Gasteiger partial charge < -0.3 is 25.8 Å². The molecule has 7 nitrogen and oxygen atoms in total. The Balaban J connectivity index is 2.20. The predicted molar refractivity (Wildman–Crippen MR) is 143 cm³/mol. The highest BCUT2D eigenvalue weighted by molar-refractivity contribution is 5.80. The van der Waals surface area contributed by atoms with Gasteiger partial charge in [-0.1, -0.05) is 26.0 Å². The number of primary amides is 1. The summed E-state index contributed by atoms with van der Waals surface area (Å²) in [6, 6.07) is 10.6. The number of rotatable bonds is 17. The molecule has 0 aliphatic rings. The van der Waals surface area contributed by atoms with Gasteiger partial charge in [-0.05, 0) is 61.1 Å². The number of ether oxygens (including phenoxy) is 1. The van der Waals surface area contributed by atoms with Crippen molar-refractivity contribution < 1.29 is 28.2 Å². The molecule has 0 aliphatic carbocycles. The largest absolute Gasteiger partial charge is 0.497 e. The number of benzene rings is 2. The molecule has 0 aromatic heterocycles. The van der Waals surface area contributed by atoms with E-state index in [0.717, 1.165) is 24.5 Å². The number of carbonyl (C=O) groups is 2. The molecule has 0 bridgehead atoms. The molecule has 2 amide bonds. The van der Waals surface area contributed by atoms with Crippen LogP contribution in [0.15, 0.2) is 42.5 Å². The van der Waals surface area contributed by atoms with Crippen molar-refractivity contribution in [3.63, 3.8) is 0 Å². The van der Waals surface area contributed by atoms with Crippen molar-refractivity contribution in [3.05, 3.63) is 65.2 Å². The zero-order chi connectivity index (χ0) is 28.1. The molecule has 2 aromatic carbocycles. The molecule has 0 radical (unpaired) electrons. The maximum Gasteiger partial charge on any atom is 0.222 e. The van der Waals surface area contributed by atoms with Crippen LogP contribution >= 0.6 is 0 Å². The Bertz CT molecular complexity index is 1010. The highest BCUT2D eigenvalue weighted by Gasteiger charge is 2.33. The van der Waals surface area contributed by atoms with E-state index in [1.165, 1.54) is 12.1 Å². The van der Waals surface area contributed by atoms with E-state index in [0.29, 0.717) is 30.9 Å². The molecule has 0 fully saturated rings. The van der Waals surface area contributed by atoms with Crippen molar-refractivity contribution in [2.45, 2.75) is 58.6 Å². The first kappa shape index (κ1) is 31.2. The molecule has 4 N–H and O–H groups in total. The third kappa shape index (κ3) is 10.0. The number of hydrogen-bond acceptors (Lipinski definition) is 5. The Kier molecular flexibility index (Phi) is 13.2. The van der Waals surface area contributed by atoms with Gasteiger partial charge >= 0.3 is 0 Å². The molecule has 9 heteroatoms. The van der Waals surface area contributed by atoms with Crippen LogP contribution in [0.2, 0.25) is 0 Å². The number of aliphatic hydroxyl groups is 1. The summed E-state index contributed by atoms with van der Waals surface area (Å²) in [5.74, 6) is -3.16. The summed E-state index contributed by atoms with van der Waals surface area (Å²) in [6.45, 7) is 5.76. The van der Waals surface area contributed by atoms with E-state index in [1.54, 1.807) is 12.0 Å². The molecule has 0 saturated carbocycles. The minimum Gasteiger partial charge on any atom is -0.497 e. The predicted octanol–water partition coefficient (Wildman–Crippen LogP) is 3.81. The highest BCUT2D eigenvalue weighted by atomic mass is 19.1. The van der Waals surface area contributed by atoms with Crippen LogP contribution in [0.25, 0.3) is 0 Å². The number of carbonyl (C=O) groups excluding carboxylic acids is 2. The molecule has 0 heterocycles. The van der Waals surface area contributed by atoms with Crippen LogP contribution in [-0.2, 0) is 22.6 Å². The Labute approximate surface area is 224 Å². The lowest BCUT2D eigenvalue weighted by molar-refractivity contribution is -0.132. The van der Waals surface area contributed by atoms with Crippen LogP contribution in [0, 0.1) is 23.5 Å². The van der Waals surface area contributed by atoms with E-state index < -0.39 is 35.5 Å². The monoisotopic (exact) mass is 533 g/mol. The third-order valence-electron chi connectivity index (χ3n) is 6.60. The van der Waals surface area contributed by atoms with Crippen molar-refractivity contribution in [1.82, 2.24) is 10.2 Å². The van der Waals surface area contributed by atoms with E-state index in [1.807, 2.05) is 38.1 Å². The lowest BCUT2D eigenvalue weighted by Gasteiger charge is -2.30. The number of aliphatic hydroxyl groups excluding tert-OH is 1. The van der Waals surface area contributed by atoms with E-state index >= 15 is 0 Å². The molecule has 3 atom stereocenters. The van der Waals surface area contributed by atoms with Crippen LogP contribution in [0.3, 0.4) is 0 Å². The molecule has 210 valence electrons. The summed E-state index contributed by atoms with van der Waals surface area (Å²) in [7, 11) is 1.58. The van der Waals surface area contributed by atoms with Gasteiger partial charge in [0.25, 0.3) is 0 Å². The van der Waals surface area contributed by atoms with Gasteiger partial charge in [-0.3, -0.25) is 9.59 Å². The fraction of sp³-hybridized carbons (Fsp3) is 0.517. The molecule has 0 spiro atoms. The number of nitrogens with one attached hydrogen (secondary N) is 1. The molecule has 0 aliphatic heterocycles. The van der Waals surface area contributed by atoms with Crippen molar-refractivity contribution in [3.8, 4) is 5.75 Å². The van der Waals surface area contributed by atoms with Crippen molar-refractivity contribution in [2.24, 2.45) is 17.6 Å². The van der Waals surface area contributed by atoms with E-state index in [9.17, 15) is 23.5 Å². The smallest absolute Gasteiger partial charge is 0.222 e. The Morgan fingerprint density at radius 3 is 2.29 bits per heavy atom. The van der Waals surface area contributed by atoms with Gasteiger partial charge in [0.2, 0.25) is 11.8 Å². The van der Waals surface area contributed by atoms with Crippen LogP contribution in [0.5, 0.6) is 5.75 Å². The number of nitrogens with two attached hydrogens (primary N) is 1. The summed E-state index contributed by atoms with van der Waals surface area (Å²) >= 11 is 0. The third-order valence-corrected chi connectivity index (χ3v) is 6.60. The number of nitrogens with zero attached hydrogens (tertiary/aromatic N) is 1. The van der Waals surface area contributed by atoms with Crippen LogP contribution in [-0.4, -0.2) is 54.7 Å². The van der Waals surface area contributed by atoms with Crippen LogP contribution < -0.4 is 15.8 Å². The summed E-state index contributed by atoms with van der Waals surface area (Å²) in [4.78, 5) is 27.2. The van der Waals surface area contributed by atoms with Gasteiger partial charge in [-0.15, -0.1) is 0 Å². The average molecular weight is 534 g/mol. The first-order valence-electron chi connectivity index (χ1n) is 13.2. The maximum atomic E-state index is 13.9. The average Bonchev–Trinajstić information content (AvgIpc) is 2.87. The van der Waals surface area contributed by atoms with Crippen LogP contribution in [0.4, 0.5) is 8.78 Å². The fourth-order valence-corrected chi connectivity index (χ4v) is 4.75. The highest BCUT2D eigenvalue weighted by Crippen LogP contribution is 2.27. The van der Waals surface area contributed by atoms with Gasteiger partial charge in [-0.25, -0.2) is 8.78 Å². The molecule has 1 unspecified atom stereocenters. The standard InChI is InChI=1S/C29H41F2N3O4/c1-4-11-34(12-5-2)28(36)10-9-25(29(32)37)26(16-21-13-22(30)17-23(31)14-21)27(35)19-33-18-20-7-6-8-24(15-20)38-3/h6-8,13-15,17,25-27,33,35H,4-5,9-12,16,18-19H2,1-3H3,(H2,32,37)/t25?,26-,27-/m0/s1. The Morgan fingerprint density at radius 1 is 1.05 bits per heavy atom. The number of hydrogen-bond donors (Lipinski definition) is 3. The second-order valence-corrected chi connectivity index (χ2v) is 9.62. The SMILES string of the molecule is CCCN(CCC)C(=O)CCC(C(N)=O)[C@H](Cc1cc(F)cc(F)c1)[C@@H](O)CNCc1cccc(OC)c1. The van der Waals surface area contributed by atoms with Gasteiger partial charge in [0, 0.05) is 50.5 Å². The number of amides is 2. The van der Waals surface area contributed by atoms with Gasteiger partial charge in [0.05, 0.1) is 13.2 Å². The van der Waals surface area contributed by atoms with Gasteiger partial charge in [0.15, 0.2) is 0 Å². The van der Waals surface area contributed by atoms with E-state index in [4.69, 9.17) is 10.5 Å². The Morgan fingerprint density at radius 2 is 1.71 bits per heavy atom. The molecule has 2 rings (SSSR count). The second kappa shape index (κ2) is 16.0. The minimum atomic E-state index is -1.07. The normalized spacial score (nSPS) is 13.5. The number of halogens is 2. The van der Waals surface area contributed by atoms with E-state index in [2.05, 4.69) is 5.32 Å². The lowest BCUT2D eigenvalue weighted by Crippen LogP contribution is -2.43. The molecule has 0 saturated heterocycles. The molecular formula is C29H41F2N3O4. The summed E-state index contributed by atoms with van der Waals surface area (Å²) < 4.78 is 33.1. The zero-order valence-corrected chi connectivity index (χ0v) is 22.6. The van der Waals surface area contributed by atoms with Crippen molar-refractivity contribution >= 4 is 11.8 Å². The van der Waals surface area contributed by atoms with Gasteiger partial charge in [0.1, 0.15) is 17.4 Å². The van der Waals surface area contributed by atoms with Crippen LogP contribution in [0.1, 0.15) is 50.7 Å². The van der Waals surface area contributed by atoms with Crippen molar-refractivity contribution in [2.75, 3.05) is 26.7 Å². The molecule has 2 aromatic rings. The summed E-state index contributed by atoms with van der Waals surface area (Å²) in [6.07, 6.45) is 0.805. The van der Waals surface area contributed by atoms with E-state index in [-0.39, 0.29) is 31.7 Å². The molecule has 38 heavy (non-hydrogen) atoms. The first-order chi connectivity index (χ1) is 18.2. The van der Waals surface area contributed by atoms with Gasteiger partial charge in [-0.2, -0.15) is 0 Å².